The molecule has 2 N–H and O–H groups in total. The highest BCUT2D eigenvalue weighted by molar-refractivity contribution is 7.13. The smallest absolute Gasteiger partial charge is 0.267 e. The summed E-state index contributed by atoms with van der Waals surface area (Å²) in [7, 11) is 0. The van der Waals surface area contributed by atoms with E-state index in [-0.39, 0.29) is 5.56 Å². The van der Waals surface area contributed by atoms with Crippen LogP contribution < -0.4 is 5.56 Å². The Morgan fingerprint density at radius 1 is 1.21 bits per heavy atom. The highest BCUT2D eigenvalue weighted by Crippen LogP contribution is 2.22. The lowest BCUT2D eigenvalue weighted by Crippen LogP contribution is -2.06. The second kappa shape index (κ2) is 4.85. The number of aromatic amines is 2. The molecule has 0 aliphatic heterocycles. The van der Waals surface area contributed by atoms with E-state index in [1.165, 1.54) is 0 Å². The molecule has 5 heteroatoms. The SMILES string of the molecule is Cc1[nH][nH]c(=O)c1Cc1ccc(-c2nccs2)cc1. The van der Waals surface area contributed by atoms with Crippen LogP contribution in [0.3, 0.4) is 0 Å². The van der Waals surface area contributed by atoms with Gasteiger partial charge in [-0.15, -0.1) is 11.3 Å². The Bertz CT molecular complexity index is 723. The summed E-state index contributed by atoms with van der Waals surface area (Å²) in [4.78, 5) is 15.9. The fourth-order valence-corrected chi connectivity index (χ4v) is 2.66. The largest absolute Gasteiger partial charge is 0.302 e. The number of hydrogen-bond acceptors (Lipinski definition) is 3. The van der Waals surface area contributed by atoms with Crippen LogP contribution in [0.1, 0.15) is 16.8 Å². The van der Waals surface area contributed by atoms with Crippen molar-refractivity contribution in [3.8, 4) is 10.6 Å². The minimum atomic E-state index is -0.0403. The zero-order valence-electron chi connectivity index (χ0n) is 10.4. The van der Waals surface area contributed by atoms with Gasteiger partial charge in [-0.25, -0.2) is 4.98 Å². The summed E-state index contributed by atoms with van der Waals surface area (Å²) in [5.74, 6) is 0. The molecule has 0 bridgehead atoms. The summed E-state index contributed by atoms with van der Waals surface area (Å²) in [6, 6.07) is 8.18. The zero-order chi connectivity index (χ0) is 13.2. The van der Waals surface area contributed by atoms with Crippen molar-refractivity contribution in [3.63, 3.8) is 0 Å². The molecule has 2 aromatic heterocycles. The summed E-state index contributed by atoms with van der Waals surface area (Å²) in [6.45, 7) is 1.90. The molecule has 0 aliphatic carbocycles. The molecular formula is C14H13N3OS. The maximum absolute atomic E-state index is 11.6. The average molecular weight is 271 g/mol. The standard InChI is InChI=1S/C14H13N3OS/c1-9-12(13(18)17-16-9)8-10-2-4-11(5-3-10)14-15-6-7-19-14/h2-7H,8H2,1H3,(H2,16,17,18). The van der Waals surface area contributed by atoms with Crippen LogP contribution in [0.4, 0.5) is 0 Å². The van der Waals surface area contributed by atoms with Gasteiger partial charge in [0.25, 0.3) is 5.56 Å². The Hall–Kier alpha value is -2.14. The van der Waals surface area contributed by atoms with Crippen LogP contribution in [0.2, 0.25) is 0 Å². The molecule has 2 heterocycles. The van der Waals surface area contributed by atoms with Crippen molar-refractivity contribution in [2.45, 2.75) is 13.3 Å². The minimum Gasteiger partial charge on any atom is -0.302 e. The summed E-state index contributed by atoms with van der Waals surface area (Å²) in [5.41, 5.74) is 3.88. The number of hydrogen-bond donors (Lipinski definition) is 2. The van der Waals surface area contributed by atoms with Gasteiger partial charge in [-0.05, 0) is 12.5 Å². The van der Waals surface area contributed by atoms with E-state index < -0.39 is 0 Å². The van der Waals surface area contributed by atoms with Crippen molar-refractivity contribution in [2.24, 2.45) is 0 Å². The number of nitrogens with one attached hydrogen (secondary N) is 2. The average Bonchev–Trinajstić information content (AvgIpc) is 3.05. The van der Waals surface area contributed by atoms with Gasteiger partial charge in [-0.3, -0.25) is 9.89 Å². The molecule has 0 amide bonds. The molecule has 0 aliphatic rings. The first kappa shape index (κ1) is 11.9. The van der Waals surface area contributed by atoms with Gasteiger partial charge in [-0.1, -0.05) is 24.3 Å². The van der Waals surface area contributed by atoms with Gasteiger partial charge in [-0.2, -0.15) is 0 Å². The van der Waals surface area contributed by atoms with E-state index in [1.807, 2.05) is 36.6 Å². The van der Waals surface area contributed by atoms with Crippen LogP contribution in [-0.4, -0.2) is 15.2 Å². The molecule has 0 saturated carbocycles. The predicted octanol–water partition coefficient (Wildman–Crippen LogP) is 2.73. The monoisotopic (exact) mass is 271 g/mol. The lowest BCUT2D eigenvalue weighted by molar-refractivity contribution is 1.02. The first-order valence-corrected chi connectivity index (χ1v) is 6.87. The normalized spacial score (nSPS) is 10.8. The Balaban J connectivity index is 1.86. The van der Waals surface area contributed by atoms with Gasteiger partial charge in [0.1, 0.15) is 5.01 Å². The lowest BCUT2D eigenvalue weighted by Gasteiger charge is -2.01. The van der Waals surface area contributed by atoms with Crippen molar-refractivity contribution in [1.29, 1.82) is 0 Å². The van der Waals surface area contributed by atoms with E-state index in [1.54, 1.807) is 17.5 Å². The number of aromatic nitrogens is 3. The molecular weight excluding hydrogens is 258 g/mol. The third kappa shape index (κ3) is 2.37. The molecule has 4 nitrogen and oxygen atoms in total. The molecule has 0 atom stereocenters. The van der Waals surface area contributed by atoms with Gasteiger partial charge >= 0.3 is 0 Å². The molecule has 96 valence electrons. The zero-order valence-corrected chi connectivity index (χ0v) is 11.3. The van der Waals surface area contributed by atoms with Gasteiger partial charge in [0.15, 0.2) is 0 Å². The summed E-state index contributed by atoms with van der Waals surface area (Å²) >= 11 is 1.62. The third-order valence-corrected chi connectivity index (χ3v) is 3.93. The van der Waals surface area contributed by atoms with E-state index in [9.17, 15) is 4.79 Å². The quantitative estimate of drug-likeness (QED) is 0.769. The number of rotatable bonds is 3. The van der Waals surface area contributed by atoms with Crippen molar-refractivity contribution in [2.75, 3.05) is 0 Å². The molecule has 19 heavy (non-hydrogen) atoms. The Labute approximate surface area is 114 Å². The number of nitrogens with zero attached hydrogens (tertiary/aromatic N) is 1. The van der Waals surface area contributed by atoms with Crippen molar-refractivity contribution >= 4 is 11.3 Å². The fourth-order valence-electron chi connectivity index (χ4n) is 2.02. The second-order valence-electron chi connectivity index (χ2n) is 4.39. The van der Waals surface area contributed by atoms with E-state index in [0.717, 1.165) is 27.4 Å². The summed E-state index contributed by atoms with van der Waals surface area (Å²) in [6.07, 6.45) is 2.44. The van der Waals surface area contributed by atoms with Gasteiger partial charge in [0.2, 0.25) is 0 Å². The number of H-pyrrole nitrogens is 2. The molecule has 0 spiro atoms. The molecule has 3 rings (SSSR count). The predicted molar refractivity (Wildman–Crippen MR) is 76.5 cm³/mol. The van der Waals surface area contributed by atoms with Crippen LogP contribution in [0.5, 0.6) is 0 Å². The first-order valence-electron chi connectivity index (χ1n) is 5.99. The Morgan fingerprint density at radius 3 is 2.58 bits per heavy atom. The van der Waals surface area contributed by atoms with Crippen molar-refractivity contribution in [3.05, 3.63) is 63.0 Å². The van der Waals surface area contributed by atoms with Crippen LogP contribution in [0, 0.1) is 6.92 Å². The topological polar surface area (TPSA) is 61.5 Å². The van der Waals surface area contributed by atoms with Gasteiger partial charge < -0.3 is 5.10 Å². The number of thiazole rings is 1. The second-order valence-corrected chi connectivity index (χ2v) is 5.29. The number of aryl methyl sites for hydroxylation is 1. The third-order valence-electron chi connectivity index (χ3n) is 3.10. The molecule has 3 aromatic rings. The number of benzene rings is 1. The van der Waals surface area contributed by atoms with E-state index >= 15 is 0 Å². The Kier molecular flexibility index (Phi) is 3.05. The molecule has 0 saturated heterocycles. The van der Waals surface area contributed by atoms with Crippen LogP contribution in [-0.2, 0) is 6.42 Å². The first-order chi connectivity index (χ1) is 9.24. The lowest BCUT2D eigenvalue weighted by atomic mass is 10.0. The molecule has 0 radical (unpaired) electrons. The maximum Gasteiger partial charge on any atom is 0.267 e. The minimum absolute atomic E-state index is 0.0403. The molecule has 0 fully saturated rings. The fraction of sp³-hybridized carbons (Fsp3) is 0.143. The highest BCUT2D eigenvalue weighted by Gasteiger charge is 2.07. The van der Waals surface area contributed by atoms with Crippen LogP contribution in [0.15, 0.2) is 40.6 Å². The van der Waals surface area contributed by atoms with Crippen LogP contribution in [0.25, 0.3) is 10.6 Å². The van der Waals surface area contributed by atoms with Gasteiger partial charge in [0, 0.05) is 34.8 Å². The van der Waals surface area contributed by atoms with Crippen molar-refractivity contribution in [1.82, 2.24) is 15.2 Å². The summed E-state index contributed by atoms with van der Waals surface area (Å²) in [5, 5.41) is 8.43. The molecule has 1 aromatic carbocycles. The maximum atomic E-state index is 11.6. The van der Waals surface area contributed by atoms with Crippen molar-refractivity contribution < 1.29 is 0 Å². The van der Waals surface area contributed by atoms with E-state index in [0.29, 0.717) is 6.42 Å². The Morgan fingerprint density at radius 2 is 2.00 bits per heavy atom. The molecule has 0 unspecified atom stereocenters. The summed E-state index contributed by atoms with van der Waals surface area (Å²) < 4.78 is 0. The van der Waals surface area contributed by atoms with Gasteiger partial charge in [0.05, 0.1) is 0 Å². The highest BCUT2D eigenvalue weighted by atomic mass is 32.1. The van der Waals surface area contributed by atoms with E-state index in [2.05, 4.69) is 15.2 Å². The van der Waals surface area contributed by atoms with Crippen LogP contribution >= 0.6 is 11.3 Å². The van der Waals surface area contributed by atoms with E-state index in [4.69, 9.17) is 0 Å².